The lowest BCUT2D eigenvalue weighted by molar-refractivity contribution is -0.00162. The number of carbonyl (C=O) groups is 1. The average Bonchev–Trinajstić information content (AvgIpc) is 3.06. The SMILES string of the molecule is Cc1ccsc1CCNC(=O)N1CCC[C@@H](OCc2ccccn2)C1. The maximum Gasteiger partial charge on any atom is 0.317 e. The van der Waals surface area contributed by atoms with Gasteiger partial charge in [-0.3, -0.25) is 4.98 Å². The van der Waals surface area contributed by atoms with Crippen molar-refractivity contribution < 1.29 is 9.53 Å². The minimum atomic E-state index is 0.0142. The predicted molar refractivity (Wildman–Crippen MR) is 99.8 cm³/mol. The van der Waals surface area contributed by atoms with Crippen LogP contribution in [0, 0.1) is 6.92 Å². The number of rotatable bonds is 6. The first-order chi connectivity index (χ1) is 12.2. The third-order valence-corrected chi connectivity index (χ3v) is 5.54. The van der Waals surface area contributed by atoms with E-state index in [4.69, 9.17) is 4.74 Å². The van der Waals surface area contributed by atoms with Gasteiger partial charge in [0, 0.05) is 30.7 Å². The molecular weight excluding hydrogens is 334 g/mol. The molecule has 2 aromatic rings. The van der Waals surface area contributed by atoms with E-state index in [1.165, 1.54) is 10.4 Å². The van der Waals surface area contributed by atoms with E-state index in [9.17, 15) is 4.79 Å². The van der Waals surface area contributed by atoms with Crippen molar-refractivity contribution in [2.75, 3.05) is 19.6 Å². The fraction of sp³-hybridized carbons (Fsp3) is 0.474. The van der Waals surface area contributed by atoms with E-state index in [1.54, 1.807) is 17.5 Å². The van der Waals surface area contributed by atoms with Crippen LogP contribution in [0.15, 0.2) is 35.8 Å². The number of ether oxygens (including phenoxy) is 1. The number of likely N-dealkylation sites (tertiary alicyclic amines) is 1. The molecule has 0 aliphatic carbocycles. The van der Waals surface area contributed by atoms with Gasteiger partial charge in [0.1, 0.15) is 0 Å². The van der Waals surface area contributed by atoms with Gasteiger partial charge >= 0.3 is 6.03 Å². The van der Waals surface area contributed by atoms with Gasteiger partial charge in [0.25, 0.3) is 0 Å². The van der Waals surface area contributed by atoms with Gasteiger partial charge < -0.3 is 15.0 Å². The summed E-state index contributed by atoms with van der Waals surface area (Å²) in [5.74, 6) is 0. The number of urea groups is 1. The van der Waals surface area contributed by atoms with Crippen molar-refractivity contribution in [3.63, 3.8) is 0 Å². The first kappa shape index (κ1) is 17.9. The molecule has 6 heteroatoms. The number of carbonyl (C=O) groups excluding carboxylic acids is 1. The van der Waals surface area contributed by atoms with Crippen LogP contribution in [-0.4, -0.2) is 41.7 Å². The number of pyridine rings is 1. The van der Waals surface area contributed by atoms with E-state index in [-0.39, 0.29) is 12.1 Å². The van der Waals surface area contributed by atoms with Gasteiger partial charge in [-0.15, -0.1) is 11.3 Å². The molecule has 0 unspecified atom stereocenters. The zero-order chi connectivity index (χ0) is 17.5. The predicted octanol–water partition coefficient (Wildman–Crippen LogP) is 3.38. The minimum Gasteiger partial charge on any atom is -0.370 e. The zero-order valence-electron chi connectivity index (χ0n) is 14.6. The van der Waals surface area contributed by atoms with Gasteiger partial charge in [-0.2, -0.15) is 0 Å². The maximum atomic E-state index is 12.4. The second kappa shape index (κ2) is 8.97. The molecule has 1 fully saturated rings. The molecule has 25 heavy (non-hydrogen) atoms. The van der Waals surface area contributed by atoms with Crippen LogP contribution >= 0.6 is 11.3 Å². The molecule has 1 aliphatic rings. The number of hydrogen-bond acceptors (Lipinski definition) is 4. The summed E-state index contributed by atoms with van der Waals surface area (Å²) in [6.45, 7) is 4.74. The van der Waals surface area contributed by atoms with E-state index < -0.39 is 0 Å². The summed E-state index contributed by atoms with van der Waals surface area (Å²) in [5, 5.41) is 5.14. The van der Waals surface area contributed by atoms with Crippen molar-refractivity contribution in [1.82, 2.24) is 15.2 Å². The lowest BCUT2D eigenvalue weighted by Gasteiger charge is -2.32. The Hall–Kier alpha value is -1.92. The summed E-state index contributed by atoms with van der Waals surface area (Å²) in [5.41, 5.74) is 2.23. The number of thiophene rings is 1. The summed E-state index contributed by atoms with van der Waals surface area (Å²) >= 11 is 1.75. The Morgan fingerprint density at radius 1 is 1.44 bits per heavy atom. The molecular formula is C19H25N3O2S. The lowest BCUT2D eigenvalue weighted by atomic mass is 10.1. The molecule has 1 atom stereocenters. The Balaban J connectivity index is 1.41. The van der Waals surface area contributed by atoms with Crippen molar-refractivity contribution in [2.45, 2.75) is 38.9 Å². The first-order valence-corrected chi connectivity index (χ1v) is 9.67. The van der Waals surface area contributed by atoms with Gasteiger partial charge in [0.05, 0.1) is 18.4 Å². The summed E-state index contributed by atoms with van der Waals surface area (Å²) < 4.78 is 5.95. The fourth-order valence-electron chi connectivity index (χ4n) is 3.00. The van der Waals surface area contributed by atoms with Crippen LogP contribution in [0.25, 0.3) is 0 Å². The van der Waals surface area contributed by atoms with Crippen LogP contribution in [0.5, 0.6) is 0 Å². The van der Waals surface area contributed by atoms with E-state index in [0.29, 0.717) is 19.7 Å². The quantitative estimate of drug-likeness (QED) is 0.860. The highest BCUT2D eigenvalue weighted by molar-refractivity contribution is 7.10. The Morgan fingerprint density at radius 2 is 2.36 bits per heavy atom. The molecule has 0 aromatic carbocycles. The summed E-state index contributed by atoms with van der Waals surface area (Å²) in [7, 11) is 0. The third-order valence-electron chi connectivity index (χ3n) is 4.45. The molecule has 1 N–H and O–H groups in total. The van der Waals surface area contributed by atoms with Crippen molar-refractivity contribution in [3.8, 4) is 0 Å². The highest BCUT2D eigenvalue weighted by atomic mass is 32.1. The summed E-state index contributed by atoms with van der Waals surface area (Å²) in [6.07, 6.45) is 4.72. The normalized spacial score (nSPS) is 17.5. The van der Waals surface area contributed by atoms with Crippen molar-refractivity contribution >= 4 is 17.4 Å². The summed E-state index contributed by atoms with van der Waals surface area (Å²) in [6, 6.07) is 7.95. The van der Waals surface area contributed by atoms with E-state index >= 15 is 0 Å². The highest BCUT2D eigenvalue weighted by Gasteiger charge is 2.24. The van der Waals surface area contributed by atoms with Gasteiger partial charge in [0.15, 0.2) is 0 Å². The molecule has 5 nitrogen and oxygen atoms in total. The molecule has 3 heterocycles. The molecule has 134 valence electrons. The number of aryl methyl sites for hydroxylation is 1. The maximum absolute atomic E-state index is 12.4. The second-order valence-corrected chi connectivity index (χ2v) is 7.35. The fourth-order valence-corrected chi connectivity index (χ4v) is 3.91. The molecule has 1 aliphatic heterocycles. The van der Waals surface area contributed by atoms with Crippen LogP contribution in [0.2, 0.25) is 0 Å². The molecule has 2 aromatic heterocycles. The smallest absolute Gasteiger partial charge is 0.317 e. The number of nitrogens with one attached hydrogen (secondary N) is 1. The molecule has 0 saturated carbocycles. The molecule has 0 radical (unpaired) electrons. The van der Waals surface area contributed by atoms with E-state index in [1.807, 2.05) is 23.1 Å². The van der Waals surface area contributed by atoms with Crippen molar-refractivity contribution in [3.05, 3.63) is 52.0 Å². The Kier molecular flexibility index (Phi) is 6.42. The Labute approximate surface area is 153 Å². The van der Waals surface area contributed by atoms with Gasteiger partial charge in [0.2, 0.25) is 0 Å². The number of nitrogens with zero attached hydrogens (tertiary/aromatic N) is 2. The number of hydrogen-bond donors (Lipinski definition) is 1. The average molecular weight is 359 g/mol. The monoisotopic (exact) mass is 359 g/mol. The summed E-state index contributed by atoms with van der Waals surface area (Å²) in [4.78, 5) is 19.9. The van der Waals surface area contributed by atoms with Crippen molar-refractivity contribution in [2.24, 2.45) is 0 Å². The molecule has 1 saturated heterocycles. The largest absolute Gasteiger partial charge is 0.370 e. The number of piperidine rings is 1. The van der Waals surface area contributed by atoms with E-state index in [0.717, 1.165) is 31.5 Å². The van der Waals surface area contributed by atoms with Crippen LogP contribution < -0.4 is 5.32 Å². The third kappa shape index (κ3) is 5.28. The first-order valence-electron chi connectivity index (χ1n) is 8.79. The molecule has 3 rings (SSSR count). The number of amides is 2. The standard InChI is InChI=1S/C19H25N3O2S/c1-15-8-12-25-18(15)7-10-21-19(23)22-11-4-6-17(13-22)24-14-16-5-2-3-9-20-16/h2-3,5,8-9,12,17H,4,6-7,10-11,13-14H2,1H3,(H,21,23)/t17-/m1/s1. The molecule has 2 amide bonds. The lowest BCUT2D eigenvalue weighted by Crippen LogP contribution is -2.48. The highest BCUT2D eigenvalue weighted by Crippen LogP contribution is 2.16. The van der Waals surface area contributed by atoms with E-state index in [2.05, 4.69) is 28.7 Å². The number of aromatic nitrogens is 1. The van der Waals surface area contributed by atoms with Crippen LogP contribution in [0.3, 0.4) is 0 Å². The van der Waals surface area contributed by atoms with Crippen LogP contribution in [0.4, 0.5) is 4.79 Å². The zero-order valence-corrected chi connectivity index (χ0v) is 15.4. The molecule has 0 bridgehead atoms. The molecule has 0 spiro atoms. The Morgan fingerprint density at radius 3 is 3.12 bits per heavy atom. The van der Waals surface area contributed by atoms with Gasteiger partial charge in [-0.1, -0.05) is 6.07 Å². The Bertz CT molecular complexity index is 674. The topological polar surface area (TPSA) is 54.5 Å². The van der Waals surface area contributed by atoms with Crippen LogP contribution in [-0.2, 0) is 17.8 Å². The van der Waals surface area contributed by atoms with Crippen molar-refractivity contribution in [1.29, 1.82) is 0 Å². The second-order valence-electron chi connectivity index (χ2n) is 6.35. The van der Waals surface area contributed by atoms with Gasteiger partial charge in [-0.05, 0) is 55.3 Å². The van der Waals surface area contributed by atoms with Gasteiger partial charge in [-0.25, -0.2) is 4.79 Å². The minimum absolute atomic E-state index is 0.0142. The van der Waals surface area contributed by atoms with Crippen LogP contribution in [0.1, 0.15) is 29.0 Å².